The van der Waals surface area contributed by atoms with E-state index in [1.54, 1.807) is 17.0 Å². The van der Waals surface area contributed by atoms with Crippen molar-refractivity contribution in [2.24, 2.45) is 0 Å². The molecule has 0 saturated heterocycles. The SMILES string of the molecule is CCCN(Cc1ccc(C#N)cc1)C(=O)c1ccc([N+](=O)[O-])s1. The van der Waals surface area contributed by atoms with E-state index in [-0.39, 0.29) is 10.9 Å². The lowest BCUT2D eigenvalue weighted by molar-refractivity contribution is -0.380. The molecule has 0 radical (unpaired) electrons. The summed E-state index contributed by atoms with van der Waals surface area (Å²) >= 11 is 0.887. The number of nitriles is 1. The Morgan fingerprint density at radius 1 is 1.30 bits per heavy atom. The summed E-state index contributed by atoms with van der Waals surface area (Å²) in [6.45, 7) is 2.94. The molecule has 0 bridgehead atoms. The van der Waals surface area contributed by atoms with Crippen LogP contribution in [-0.2, 0) is 6.54 Å². The summed E-state index contributed by atoms with van der Waals surface area (Å²) in [4.78, 5) is 24.8. The summed E-state index contributed by atoms with van der Waals surface area (Å²) < 4.78 is 0. The van der Waals surface area contributed by atoms with Crippen molar-refractivity contribution in [1.29, 1.82) is 5.26 Å². The first kappa shape index (κ1) is 16.6. The second-order valence-corrected chi connectivity index (χ2v) is 5.99. The number of carbonyl (C=O) groups is 1. The van der Waals surface area contributed by atoms with Crippen LogP contribution >= 0.6 is 11.3 Å². The van der Waals surface area contributed by atoms with Crippen LogP contribution in [0.25, 0.3) is 0 Å². The normalized spacial score (nSPS) is 10.1. The van der Waals surface area contributed by atoms with Crippen LogP contribution in [0.4, 0.5) is 5.00 Å². The van der Waals surface area contributed by atoms with Gasteiger partial charge in [0.05, 0.1) is 21.4 Å². The molecule has 0 fully saturated rings. The third kappa shape index (κ3) is 4.14. The first-order valence-electron chi connectivity index (χ1n) is 7.07. The lowest BCUT2D eigenvalue weighted by Crippen LogP contribution is -2.30. The van der Waals surface area contributed by atoms with Gasteiger partial charge in [0.1, 0.15) is 0 Å². The van der Waals surface area contributed by atoms with Gasteiger partial charge >= 0.3 is 5.00 Å². The van der Waals surface area contributed by atoms with Crippen molar-refractivity contribution < 1.29 is 9.72 Å². The van der Waals surface area contributed by atoms with Crippen molar-refractivity contribution in [3.63, 3.8) is 0 Å². The minimum atomic E-state index is -0.494. The second-order valence-electron chi connectivity index (χ2n) is 4.93. The Hall–Kier alpha value is -2.72. The van der Waals surface area contributed by atoms with Crippen LogP contribution in [0.15, 0.2) is 36.4 Å². The number of carbonyl (C=O) groups excluding carboxylic acids is 1. The quantitative estimate of drug-likeness (QED) is 0.598. The Balaban J connectivity index is 2.17. The molecule has 7 heteroatoms. The van der Waals surface area contributed by atoms with E-state index in [4.69, 9.17) is 5.26 Å². The molecule has 2 rings (SSSR count). The fraction of sp³-hybridized carbons (Fsp3) is 0.250. The van der Waals surface area contributed by atoms with Crippen LogP contribution < -0.4 is 0 Å². The highest BCUT2D eigenvalue weighted by atomic mass is 32.1. The van der Waals surface area contributed by atoms with E-state index in [1.807, 2.05) is 19.1 Å². The zero-order valence-electron chi connectivity index (χ0n) is 12.6. The summed E-state index contributed by atoms with van der Waals surface area (Å²) in [5, 5.41) is 19.5. The first-order chi connectivity index (χ1) is 11.0. The van der Waals surface area contributed by atoms with E-state index >= 15 is 0 Å². The fourth-order valence-corrected chi connectivity index (χ4v) is 2.91. The molecule has 1 amide bonds. The largest absolute Gasteiger partial charge is 0.334 e. The van der Waals surface area contributed by atoms with E-state index in [0.29, 0.717) is 23.5 Å². The van der Waals surface area contributed by atoms with E-state index < -0.39 is 4.92 Å². The molecule has 1 heterocycles. The van der Waals surface area contributed by atoms with E-state index in [9.17, 15) is 14.9 Å². The van der Waals surface area contributed by atoms with Gasteiger partial charge in [-0.2, -0.15) is 5.26 Å². The number of amides is 1. The van der Waals surface area contributed by atoms with E-state index in [1.165, 1.54) is 12.1 Å². The minimum Gasteiger partial charge on any atom is -0.334 e. The van der Waals surface area contributed by atoms with E-state index in [0.717, 1.165) is 23.3 Å². The number of hydrogen-bond acceptors (Lipinski definition) is 5. The Labute approximate surface area is 137 Å². The predicted molar refractivity (Wildman–Crippen MR) is 87.2 cm³/mol. The molecule has 0 saturated carbocycles. The standard InChI is InChI=1S/C16H15N3O3S/c1-2-9-18(11-13-5-3-12(10-17)4-6-13)16(20)14-7-8-15(23-14)19(21)22/h3-8H,2,9,11H2,1H3. The van der Waals surface area contributed by atoms with Gasteiger partial charge in [-0.05, 0) is 30.2 Å². The third-order valence-corrected chi connectivity index (χ3v) is 4.24. The molecular formula is C16H15N3O3S. The number of rotatable bonds is 6. The summed E-state index contributed by atoms with van der Waals surface area (Å²) in [7, 11) is 0. The molecule has 0 aliphatic carbocycles. The molecule has 0 atom stereocenters. The summed E-state index contributed by atoms with van der Waals surface area (Å²) in [5.41, 5.74) is 1.48. The second kappa shape index (κ2) is 7.51. The zero-order chi connectivity index (χ0) is 16.8. The van der Waals surface area contributed by atoms with Crippen LogP contribution in [0.1, 0.15) is 34.1 Å². The van der Waals surface area contributed by atoms with Crippen molar-refractivity contribution in [1.82, 2.24) is 4.90 Å². The zero-order valence-corrected chi connectivity index (χ0v) is 13.4. The topological polar surface area (TPSA) is 87.2 Å². The molecule has 0 aliphatic heterocycles. The van der Waals surface area contributed by atoms with Crippen LogP contribution in [0.2, 0.25) is 0 Å². The van der Waals surface area contributed by atoms with Crippen LogP contribution in [0.5, 0.6) is 0 Å². The van der Waals surface area contributed by atoms with Crippen LogP contribution in [0, 0.1) is 21.4 Å². The molecule has 0 aliphatic rings. The van der Waals surface area contributed by atoms with Gasteiger partial charge < -0.3 is 4.90 Å². The molecule has 6 nitrogen and oxygen atoms in total. The third-order valence-electron chi connectivity index (χ3n) is 3.22. The highest BCUT2D eigenvalue weighted by Crippen LogP contribution is 2.25. The van der Waals surface area contributed by atoms with Gasteiger partial charge in [-0.25, -0.2) is 0 Å². The van der Waals surface area contributed by atoms with Crippen molar-refractivity contribution in [3.05, 3.63) is 62.5 Å². The van der Waals surface area contributed by atoms with Crippen LogP contribution in [-0.4, -0.2) is 22.3 Å². The number of thiophene rings is 1. The minimum absolute atomic E-state index is 0.0387. The lowest BCUT2D eigenvalue weighted by atomic mass is 10.1. The van der Waals surface area contributed by atoms with Gasteiger partial charge in [0.15, 0.2) is 0 Å². The number of hydrogen-bond donors (Lipinski definition) is 0. The van der Waals surface area contributed by atoms with Crippen molar-refractivity contribution in [3.8, 4) is 6.07 Å². The van der Waals surface area contributed by atoms with Gasteiger partial charge in [0.25, 0.3) is 5.91 Å². The van der Waals surface area contributed by atoms with Gasteiger partial charge in [-0.1, -0.05) is 30.4 Å². The molecule has 118 valence electrons. The van der Waals surface area contributed by atoms with E-state index in [2.05, 4.69) is 6.07 Å². The molecular weight excluding hydrogens is 314 g/mol. The molecule has 0 spiro atoms. The molecule has 23 heavy (non-hydrogen) atoms. The fourth-order valence-electron chi connectivity index (χ4n) is 2.12. The highest BCUT2D eigenvalue weighted by Gasteiger charge is 2.20. The summed E-state index contributed by atoms with van der Waals surface area (Å²) in [6, 6.07) is 11.9. The Bertz CT molecular complexity index is 747. The van der Waals surface area contributed by atoms with Gasteiger partial charge in [0.2, 0.25) is 0 Å². The number of nitrogens with zero attached hydrogens (tertiary/aromatic N) is 3. The van der Waals surface area contributed by atoms with Crippen LogP contribution in [0.3, 0.4) is 0 Å². The Morgan fingerprint density at radius 3 is 2.52 bits per heavy atom. The van der Waals surface area contributed by atoms with Gasteiger partial charge in [0, 0.05) is 19.2 Å². The molecule has 1 aromatic heterocycles. The predicted octanol–water partition coefficient (Wildman–Crippen LogP) is 3.58. The van der Waals surface area contributed by atoms with Crippen molar-refractivity contribution in [2.75, 3.05) is 6.54 Å². The number of nitro groups is 1. The Morgan fingerprint density at radius 2 is 2.00 bits per heavy atom. The van der Waals surface area contributed by atoms with Crippen molar-refractivity contribution in [2.45, 2.75) is 19.9 Å². The average Bonchev–Trinajstić information content (AvgIpc) is 3.05. The highest BCUT2D eigenvalue weighted by molar-refractivity contribution is 7.17. The van der Waals surface area contributed by atoms with Gasteiger partial charge in [-0.15, -0.1) is 0 Å². The molecule has 2 aromatic rings. The lowest BCUT2D eigenvalue weighted by Gasteiger charge is -2.21. The van der Waals surface area contributed by atoms with Gasteiger partial charge in [-0.3, -0.25) is 14.9 Å². The maximum atomic E-state index is 12.6. The maximum absolute atomic E-state index is 12.6. The Kier molecular flexibility index (Phi) is 5.44. The maximum Gasteiger partial charge on any atom is 0.324 e. The summed E-state index contributed by atoms with van der Waals surface area (Å²) in [6.07, 6.45) is 0.787. The monoisotopic (exact) mass is 329 g/mol. The molecule has 0 N–H and O–H groups in total. The molecule has 1 aromatic carbocycles. The number of benzene rings is 1. The van der Waals surface area contributed by atoms with Crippen molar-refractivity contribution >= 4 is 22.2 Å². The smallest absolute Gasteiger partial charge is 0.324 e. The average molecular weight is 329 g/mol. The molecule has 0 unspecified atom stereocenters. The first-order valence-corrected chi connectivity index (χ1v) is 7.89. The summed E-state index contributed by atoms with van der Waals surface area (Å²) in [5.74, 6) is -0.214.